The Bertz CT molecular complexity index is 2240. The zero-order valence-corrected chi connectivity index (χ0v) is 25.5. The molecule has 5 heterocycles. The molecule has 0 aliphatic heterocycles. The van der Waals surface area contributed by atoms with Crippen LogP contribution in [0.2, 0.25) is 0 Å². The number of H-pyrrole nitrogens is 2. The second-order valence-electron chi connectivity index (χ2n) is 11.6. The first kappa shape index (κ1) is 29.6. The molecule has 0 spiro atoms. The van der Waals surface area contributed by atoms with Crippen LogP contribution < -0.4 is 5.32 Å². The predicted molar refractivity (Wildman–Crippen MR) is 169 cm³/mol. The topological polar surface area (TPSA) is 159 Å². The molecule has 0 atom stereocenters. The van der Waals surface area contributed by atoms with Crippen molar-refractivity contribution in [2.24, 2.45) is 5.92 Å². The summed E-state index contributed by atoms with van der Waals surface area (Å²) in [4.78, 5) is 33.3. The molecular weight excluding hydrogens is 614 g/mol. The fourth-order valence-electron chi connectivity index (χ4n) is 5.94. The first-order valence-corrected chi connectivity index (χ1v) is 16.8. The maximum atomic E-state index is 16.2. The van der Waals surface area contributed by atoms with Crippen LogP contribution in [0.3, 0.4) is 0 Å². The highest BCUT2D eigenvalue weighted by Crippen LogP contribution is 2.35. The van der Waals surface area contributed by atoms with Gasteiger partial charge in [0.25, 0.3) is 0 Å². The molecule has 1 amide bonds. The normalized spacial score (nSPS) is 14.0. The first-order chi connectivity index (χ1) is 22.1. The number of hydrogen-bond donors (Lipinski definition) is 3. The van der Waals surface area contributed by atoms with Crippen molar-refractivity contribution in [3.63, 3.8) is 0 Å². The lowest BCUT2D eigenvalue weighted by Crippen LogP contribution is -2.20. The highest BCUT2D eigenvalue weighted by atomic mass is 32.2. The van der Waals surface area contributed by atoms with Gasteiger partial charge in [-0.1, -0.05) is 18.9 Å². The number of halogens is 2. The molecular formula is C32H28F2N8O3S. The van der Waals surface area contributed by atoms with E-state index in [4.69, 9.17) is 0 Å². The summed E-state index contributed by atoms with van der Waals surface area (Å²) in [5, 5.41) is 10.2. The van der Waals surface area contributed by atoms with E-state index in [-0.39, 0.29) is 46.6 Å². The van der Waals surface area contributed by atoms with E-state index in [2.05, 4.69) is 40.4 Å². The van der Waals surface area contributed by atoms with Crippen LogP contribution in [0.4, 0.5) is 14.5 Å². The average molecular weight is 643 g/mol. The highest BCUT2D eigenvalue weighted by Gasteiger charge is 2.24. The van der Waals surface area contributed by atoms with Crippen LogP contribution in [-0.2, 0) is 21.1 Å². The van der Waals surface area contributed by atoms with E-state index in [9.17, 15) is 17.6 Å². The molecule has 234 valence electrons. The van der Waals surface area contributed by atoms with Crippen LogP contribution in [0.25, 0.3) is 56.0 Å². The number of hydrogen-bond acceptors (Lipinski definition) is 8. The van der Waals surface area contributed by atoms with E-state index in [1.54, 1.807) is 18.2 Å². The fraction of sp³-hybridized carbons (Fsp3) is 0.250. The van der Waals surface area contributed by atoms with Gasteiger partial charge in [-0.25, -0.2) is 27.2 Å². The minimum Gasteiger partial charge on any atom is -0.335 e. The third-order valence-electron chi connectivity index (χ3n) is 8.20. The number of pyridine rings is 3. The Labute approximate surface area is 261 Å². The number of aryl methyl sites for hydroxylation is 1. The minimum absolute atomic E-state index is 0.0240. The predicted octanol–water partition coefficient (Wildman–Crippen LogP) is 5.62. The summed E-state index contributed by atoms with van der Waals surface area (Å²) in [6, 6.07) is 7.71. The van der Waals surface area contributed by atoms with Gasteiger partial charge in [-0.3, -0.25) is 19.9 Å². The number of amides is 1. The van der Waals surface area contributed by atoms with Crippen LogP contribution in [-0.4, -0.2) is 61.5 Å². The minimum atomic E-state index is -3.24. The lowest BCUT2D eigenvalue weighted by atomic mass is 10.0. The molecule has 0 radical (unpaired) electrons. The van der Waals surface area contributed by atoms with Crippen molar-refractivity contribution < 1.29 is 22.0 Å². The first-order valence-electron chi connectivity index (χ1n) is 14.7. The number of carbonyl (C=O) groups is 1. The SMILES string of the molecule is CS(=O)(=O)CCc1cc(F)cc(-c2ccnc3nc(-c4n[nH]c5cnc(-c6cncc(NC(=O)C7CCCC7)c6)c(F)c45)[nH]c23)c1. The number of nitrogens with zero attached hydrogens (tertiary/aromatic N) is 5. The molecule has 1 aromatic carbocycles. The molecule has 1 aliphatic carbocycles. The second kappa shape index (κ2) is 11.7. The van der Waals surface area contributed by atoms with Crippen molar-refractivity contribution in [2.75, 3.05) is 17.3 Å². The molecule has 0 saturated heterocycles. The molecule has 11 nitrogen and oxygen atoms in total. The number of carbonyl (C=O) groups excluding carboxylic acids is 1. The number of sulfone groups is 1. The summed E-state index contributed by atoms with van der Waals surface area (Å²) >= 11 is 0. The molecule has 3 N–H and O–H groups in total. The molecule has 1 aliphatic rings. The second-order valence-corrected chi connectivity index (χ2v) is 13.8. The molecule has 0 unspecified atom stereocenters. The van der Waals surface area contributed by atoms with Gasteiger partial charge in [-0.15, -0.1) is 0 Å². The van der Waals surface area contributed by atoms with Crippen LogP contribution in [0.15, 0.2) is 55.1 Å². The number of imidazole rings is 1. The van der Waals surface area contributed by atoms with E-state index < -0.39 is 21.5 Å². The Morgan fingerprint density at radius 2 is 1.85 bits per heavy atom. The van der Waals surface area contributed by atoms with E-state index in [1.165, 1.54) is 36.9 Å². The zero-order chi connectivity index (χ0) is 32.0. The lowest BCUT2D eigenvalue weighted by Gasteiger charge is -2.11. The Morgan fingerprint density at radius 1 is 1.02 bits per heavy atom. The fourth-order valence-corrected chi connectivity index (χ4v) is 6.54. The molecule has 1 fully saturated rings. The molecule has 6 aromatic rings. The van der Waals surface area contributed by atoms with Gasteiger partial charge >= 0.3 is 0 Å². The van der Waals surface area contributed by atoms with Gasteiger partial charge in [0, 0.05) is 35.7 Å². The van der Waals surface area contributed by atoms with Crippen LogP contribution in [0, 0.1) is 17.6 Å². The number of aromatic nitrogens is 7. The molecule has 46 heavy (non-hydrogen) atoms. The van der Waals surface area contributed by atoms with E-state index in [0.717, 1.165) is 31.9 Å². The van der Waals surface area contributed by atoms with Gasteiger partial charge in [0.15, 0.2) is 17.3 Å². The van der Waals surface area contributed by atoms with Crippen molar-refractivity contribution in [3.05, 3.63) is 72.3 Å². The maximum absolute atomic E-state index is 16.2. The van der Waals surface area contributed by atoms with Crippen molar-refractivity contribution in [1.29, 1.82) is 0 Å². The van der Waals surface area contributed by atoms with E-state index in [1.807, 2.05) is 0 Å². The van der Waals surface area contributed by atoms with Crippen LogP contribution in [0.5, 0.6) is 0 Å². The summed E-state index contributed by atoms with van der Waals surface area (Å²) < 4.78 is 54.2. The number of anilines is 1. The summed E-state index contributed by atoms with van der Waals surface area (Å²) in [7, 11) is -3.24. The summed E-state index contributed by atoms with van der Waals surface area (Å²) in [5.41, 5.74) is 3.76. The van der Waals surface area contributed by atoms with Crippen molar-refractivity contribution >= 4 is 43.5 Å². The maximum Gasteiger partial charge on any atom is 0.227 e. The molecule has 7 rings (SSSR count). The number of rotatable bonds is 8. The Balaban J connectivity index is 1.25. The number of aromatic amines is 2. The number of nitrogens with one attached hydrogen (secondary N) is 3. The summed E-state index contributed by atoms with van der Waals surface area (Å²) in [6.45, 7) is 0. The summed E-state index contributed by atoms with van der Waals surface area (Å²) in [6.07, 6.45) is 11.0. The number of fused-ring (bicyclic) bond motifs is 2. The number of benzene rings is 1. The summed E-state index contributed by atoms with van der Waals surface area (Å²) in [5.74, 6) is -1.16. The third kappa shape index (κ3) is 5.83. The third-order valence-corrected chi connectivity index (χ3v) is 9.14. The van der Waals surface area contributed by atoms with Gasteiger partial charge in [-0.2, -0.15) is 5.10 Å². The largest absolute Gasteiger partial charge is 0.335 e. The van der Waals surface area contributed by atoms with Crippen molar-refractivity contribution in [3.8, 4) is 33.9 Å². The smallest absolute Gasteiger partial charge is 0.227 e. The highest BCUT2D eigenvalue weighted by molar-refractivity contribution is 7.90. The molecule has 14 heteroatoms. The van der Waals surface area contributed by atoms with Crippen LogP contribution in [0.1, 0.15) is 31.2 Å². The van der Waals surface area contributed by atoms with Gasteiger partial charge in [0.05, 0.1) is 40.3 Å². The average Bonchev–Trinajstić information content (AvgIpc) is 3.80. The lowest BCUT2D eigenvalue weighted by molar-refractivity contribution is -0.119. The van der Waals surface area contributed by atoms with E-state index >= 15 is 4.39 Å². The Morgan fingerprint density at radius 3 is 2.65 bits per heavy atom. The van der Waals surface area contributed by atoms with Crippen molar-refractivity contribution in [2.45, 2.75) is 32.1 Å². The van der Waals surface area contributed by atoms with Gasteiger partial charge in [0.1, 0.15) is 27.0 Å². The van der Waals surface area contributed by atoms with Crippen molar-refractivity contribution in [1.82, 2.24) is 35.1 Å². The van der Waals surface area contributed by atoms with Gasteiger partial charge in [0.2, 0.25) is 5.91 Å². The van der Waals surface area contributed by atoms with Gasteiger partial charge < -0.3 is 10.3 Å². The van der Waals surface area contributed by atoms with Crippen LogP contribution >= 0.6 is 0 Å². The molecule has 1 saturated carbocycles. The zero-order valence-electron chi connectivity index (χ0n) is 24.6. The Kier molecular flexibility index (Phi) is 7.51. The quantitative estimate of drug-likeness (QED) is 0.193. The van der Waals surface area contributed by atoms with E-state index in [0.29, 0.717) is 44.6 Å². The van der Waals surface area contributed by atoms with Gasteiger partial charge in [-0.05, 0) is 54.7 Å². The monoisotopic (exact) mass is 642 g/mol. The molecule has 0 bridgehead atoms. The Hall–Kier alpha value is -5.11. The standard InChI is InChI=1S/C32H28F2N8O3S/c1-46(44,45)9-7-17-10-19(12-21(33)11-17)23-6-8-36-30-28(23)39-31(40-30)29-25-24(41-42-29)16-37-27(26(25)34)20-13-22(15-35-14-20)38-32(43)18-4-2-3-5-18/h6,8,10-16,18H,2-5,7,9H2,1H3,(H,38,43)(H,41,42)(H,36,39,40). The molecule has 5 aromatic heterocycles.